The molecule has 2 rings (SSSR count). The van der Waals surface area contributed by atoms with Crippen molar-refractivity contribution in [3.63, 3.8) is 0 Å². The zero-order valence-corrected chi connectivity index (χ0v) is 11.0. The van der Waals surface area contributed by atoms with E-state index in [4.69, 9.17) is 9.52 Å². The number of likely N-dealkylation sites (tertiary alicyclic amines) is 1. The van der Waals surface area contributed by atoms with Crippen LogP contribution in [0, 0.1) is 5.92 Å². The fourth-order valence-corrected chi connectivity index (χ4v) is 2.14. The maximum atomic E-state index is 12.0. The van der Waals surface area contributed by atoms with Crippen molar-refractivity contribution < 1.29 is 23.9 Å². The predicted molar refractivity (Wildman–Crippen MR) is 68.0 cm³/mol. The summed E-state index contributed by atoms with van der Waals surface area (Å²) in [7, 11) is 0. The van der Waals surface area contributed by atoms with Gasteiger partial charge in [0.1, 0.15) is 6.04 Å². The lowest BCUT2D eigenvalue weighted by Gasteiger charge is -2.40. The van der Waals surface area contributed by atoms with Gasteiger partial charge in [0.15, 0.2) is 5.76 Å². The number of rotatable bonds is 5. The highest BCUT2D eigenvalue weighted by Crippen LogP contribution is 2.19. The highest BCUT2D eigenvalue weighted by Gasteiger charge is 2.34. The molecule has 1 fully saturated rings. The molecule has 20 heavy (non-hydrogen) atoms. The van der Waals surface area contributed by atoms with E-state index in [1.807, 2.05) is 0 Å². The van der Waals surface area contributed by atoms with Crippen LogP contribution >= 0.6 is 0 Å². The zero-order valence-electron chi connectivity index (χ0n) is 11.0. The number of hydrogen-bond donors (Lipinski definition) is 2. The van der Waals surface area contributed by atoms with Crippen LogP contribution in [0.3, 0.4) is 0 Å². The second kappa shape index (κ2) is 5.77. The van der Waals surface area contributed by atoms with Crippen molar-refractivity contribution in [3.05, 3.63) is 24.2 Å². The third kappa shape index (κ3) is 3.17. The molecule has 7 heteroatoms. The Hall–Kier alpha value is -2.31. The molecule has 1 unspecified atom stereocenters. The van der Waals surface area contributed by atoms with Gasteiger partial charge in [-0.3, -0.25) is 14.4 Å². The van der Waals surface area contributed by atoms with Gasteiger partial charge in [-0.15, -0.1) is 0 Å². The van der Waals surface area contributed by atoms with E-state index in [1.54, 1.807) is 17.9 Å². The molecule has 0 aromatic carbocycles. The van der Waals surface area contributed by atoms with Crippen molar-refractivity contribution >= 4 is 17.8 Å². The number of nitrogens with zero attached hydrogens (tertiary/aromatic N) is 1. The summed E-state index contributed by atoms with van der Waals surface area (Å²) in [5, 5.41) is 11.2. The van der Waals surface area contributed by atoms with Gasteiger partial charge >= 0.3 is 5.97 Å². The summed E-state index contributed by atoms with van der Waals surface area (Å²) in [4.78, 5) is 35.8. The van der Waals surface area contributed by atoms with Gasteiger partial charge in [0.25, 0.3) is 5.91 Å². The highest BCUT2D eigenvalue weighted by atomic mass is 16.4. The number of carboxylic acid groups (broad SMARTS) is 1. The van der Waals surface area contributed by atoms with Crippen molar-refractivity contribution in [3.8, 4) is 0 Å². The molecule has 1 aromatic rings. The number of furan rings is 1. The van der Waals surface area contributed by atoms with Gasteiger partial charge in [0.2, 0.25) is 5.91 Å². The second-order valence-corrected chi connectivity index (χ2v) is 4.88. The van der Waals surface area contributed by atoms with Gasteiger partial charge in [-0.05, 0) is 19.1 Å². The molecule has 0 radical (unpaired) electrons. The fourth-order valence-electron chi connectivity index (χ4n) is 2.14. The average Bonchev–Trinajstić information content (AvgIpc) is 2.85. The van der Waals surface area contributed by atoms with E-state index in [0.717, 1.165) is 0 Å². The molecule has 0 spiro atoms. The minimum absolute atomic E-state index is 0.00410. The van der Waals surface area contributed by atoms with Gasteiger partial charge in [-0.1, -0.05) is 0 Å². The van der Waals surface area contributed by atoms with Gasteiger partial charge < -0.3 is 19.7 Å². The van der Waals surface area contributed by atoms with E-state index >= 15 is 0 Å². The Morgan fingerprint density at radius 2 is 2.20 bits per heavy atom. The highest BCUT2D eigenvalue weighted by molar-refractivity contribution is 5.95. The molecule has 1 saturated heterocycles. The number of amides is 2. The molecule has 2 heterocycles. The lowest BCUT2D eigenvalue weighted by atomic mass is 9.95. The minimum atomic E-state index is -0.860. The predicted octanol–water partition coefficient (Wildman–Crippen LogP) is 0.331. The Morgan fingerprint density at radius 3 is 2.75 bits per heavy atom. The molecule has 1 aliphatic rings. The molecule has 1 atom stereocenters. The monoisotopic (exact) mass is 280 g/mol. The van der Waals surface area contributed by atoms with Crippen LogP contribution in [0.5, 0.6) is 0 Å². The van der Waals surface area contributed by atoms with Crippen LogP contribution in [0.15, 0.2) is 22.8 Å². The molecule has 0 aliphatic carbocycles. The first-order valence-corrected chi connectivity index (χ1v) is 6.32. The van der Waals surface area contributed by atoms with Gasteiger partial charge in [-0.25, -0.2) is 0 Å². The Bertz CT molecular complexity index is 505. The third-order valence-corrected chi connectivity index (χ3v) is 3.20. The Balaban J connectivity index is 1.79. The van der Waals surface area contributed by atoms with Crippen LogP contribution in [0.1, 0.15) is 23.9 Å². The molecule has 2 N–H and O–H groups in total. The molecular formula is C13H16N2O5. The van der Waals surface area contributed by atoms with Crippen LogP contribution in [-0.4, -0.2) is 46.9 Å². The van der Waals surface area contributed by atoms with Crippen molar-refractivity contribution in [2.45, 2.75) is 19.4 Å². The summed E-state index contributed by atoms with van der Waals surface area (Å²) in [6, 6.07) is 2.44. The van der Waals surface area contributed by atoms with E-state index in [0.29, 0.717) is 13.1 Å². The van der Waals surface area contributed by atoms with Gasteiger partial charge in [-0.2, -0.15) is 0 Å². The van der Waals surface area contributed by atoms with Crippen LogP contribution in [0.2, 0.25) is 0 Å². The summed E-state index contributed by atoms with van der Waals surface area (Å²) < 4.78 is 4.94. The third-order valence-electron chi connectivity index (χ3n) is 3.20. The molecule has 0 saturated carbocycles. The largest absolute Gasteiger partial charge is 0.481 e. The smallest absolute Gasteiger partial charge is 0.303 e. The summed E-state index contributed by atoms with van der Waals surface area (Å²) in [5.74, 6) is -1.37. The van der Waals surface area contributed by atoms with Crippen molar-refractivity contribution in [1.29, 1.82) is 0 Å². The summed E-state index contributed by atoms with van der Waals surface area (Å²) in [6.07, 6.45) is 1.45. The summed E-state index contributed by atoms with van der Waals surface area (Å²) >= 11 is 0. The average molecular weight is 280 g/mol. The second-order valence-electron chi connectivity index (χ2n) is 4.88. The SMILES string of the molecule is CC(NC(=O)c1ccco1)C(=O)N1CC(CC(=O)O)C1. The molecule has 7 nitrogen and oxygen atoms in total. The van der Waals surface area contributed by atoms with E-state index < -0.39 is 17.9 Å². The first kappa shape index (κ1) is 14.1. The Labute approximate surface area is 115 Å². The van der Waals surface area contributed by atoms with Gasteiger partial charge in [0.05, 0.1) is 12.7 Å². The zero-order chi connectivity index (χ0) is 14.7. The lowest BCUT2D eigenvalue weighted by Crippen LogP contribution is -2.56. The Morgan fingerprint density at radius 1 is 1.50 bits per heavy atom. The number of hydrogen-bond acceptors (Lipinski definition) is 4. The minimum Gasteiger partial charge on any atom is -0.481 e. The van der Waals surface area contributed by atoms with Gasteiger partial charge in [0, 0.05) is 19.0 Å². The first-order valence-electron chi connectivity index (χ1n) is 6.32. The molecule has 2 amide bonds. The molecular weight excluding hydrogens is 264 g/mol. The van der Waals surface area contributed by atoms with Crippen molar-refractivity contribution in [2.24, 2.45) is 5.92 Å². The quantitative estimate of drug-likeness (QED) is 0.809. The van der Waals surface area contributed by atoms with Crippen molar-refractivity contribution in [1.82, 2.24) is 10.2 Å². The molecule has 0 bridgehead atoms. The molecule has 108 valence electrons. The lowest BCUT2D eigenvalue weighted by molar-refractivity contribution is -0.145. The van der Waals surface area contributed by atoms with E-state index in [9.17, 15) is 14.4 Å². The topological polar surface area (TPSA) is 99.9 Å². The van der Waals surface area contributed by atoms with E-state index in [-0.39, 0.29) is 24.0 Å². The first-order chi connectivity index (χ1) is 9.47. The number of nitrogens with one attached hydrogen (secondary N) is 1. The van der Waals surface area contributed by atoms with E-state index in [2.05, 4.69) is 5.32 Å². The number of aliphatic carboxylic acids is 1. The standard InChI is InChI=1S/C13H16N2O5/c1-8(14-12(18)10-3-2-4-20-10)13(19)15-6-9(7-15)5-11(16)17/h2-4,8-9H,5-7H2,1H3,(H,14,18)(H,16,17). The van der Waals surface area contributed by atoms with Crippen LogP contribution in [-0.2, 0) is 9.59 Å². The molecule has 1 aliphatic heterocycles. The maximum Gasteiger partial charge on any atom is 0.303 e. The fraction of sp³-hybridized carbons (Fsp3) is 0.462. The maximum absolute atomic E-state index is 12.0. The normalized spacial score (nSPS) is 16.4. The summed E-state index contributed by atoms with van der Waals surface area (Å²) in [6.45, 7) is 2.44. The Kier molecular flexibility index (Phi) is 4.07. The summed E-state index contributed by atoms with van der Waals surface area (Å²) in [5.41, 5.74) is 0. The van der Waals surface area contributed by atoms with E-state index in [1.165, 1.54) is 12.3 Å². The van der Waals surface area contributed by atoms with Crippen LogP contribution < -0.4 is 5.32 Å². The number of carbonyl (C=O) groups excluding carboxylic acids is 2. The number of carboxylic acids is 1. The van der Waals surface area contributed by atoms with Crippen molar-refractivity contribution in [2.75, 3.05) is 13.1 Å². The van der Waals surface area contributed by atoms with Crippen LogP contribution in [0.4, 0.5) is 0 Å². The number of carbonyl (C=O) groups is 3. The van der Waals surface area contributed by atoms with Crippen LogP contribution in [0.25, 0.3) is 0 Å². The molecule has 1 aromatic heterocycles.